The molecule has 0 heteroatoms. The minimum absolute atomic E-state index is 0.441. The summed E-state index contributed by atoms with van der Waals surface area (Å²) in [6.07, 6.45) is 0. The zero-order valence-electron chi connectivity index (χ0n) is 25.7. The molecule has 0 aliphatic heterocycles. The average Bonchev–Trinajstić information content (AvgIpc) is 3.42. The molecule has 0 bridgehead atoms. The molecule has 46 heavy (non-hydrogen) atoms. The first-order valence-electron chi connectivity index (χ1n) is 16.1. The summed E-state index contributed by atoms with van der Waals surface area (Å²) >= 11 is 0. The monoisotopic (exact) mass is 584 g/mol. The Kier molecular flexibility index (Phi) is 6.05. The minimum atomic E-state index is -0.441. The molecule has 0 heterocycles. The number of hydrogen-bond acceptors (Lipinski definition) is 0. The first-order valence-corrected chi connectivity index (χ1v) is 16.1. The van der Waals surface area contributed by atoms with E-state index in [0.717, 1.165) is 0 Å². The highest BCUT2D eigenvalue weighted by Crippen LogP contribution is 2.59. The van der Waals surface area contributed by atoms with Gasteiger partial charge in [-0.3, -0.25) is 0 Å². The van der Waals surface area contributed by atoms with Gasteiger partial charge in [0.1, 0.15) is 0 Å². The number of fused-ring (bicyclic) bond motifs is 6. The fourth-order valence-electron chi connectivity index (χ4n) is 7.91. The third kappa shape index (κ3) is 3.93. The third-order valence-electron chi connectivity index (χ3n) is 9.99. The molecular weight excluding hydrogens is 553 g/mol. The molecule has 8 aromatic rings. The lowest BCUT2D eigenvalue weighted by molar-refractivity contribution is 0.768. The average molecular weight is 585 g/mol. The summed E-state index contributed by atoms with van der Waals surface area (Å²) in [5.74, 6) is 0. The lowest BCUT2D eigenvalue weighted by atomic mass is 9.67. The van der Waals surface area contributed by atoms with Crippen LogP contribution in [0.3, 0.4) is 0 Å². The summed E-state index contributed by atoms with van der Waals surface area (Å²) in [6, 6.07) is 65.2. The molecule has 0 unspecified atom stereocenters. The fourth-order valence-corrected chi connectivity index (χ4v) is 7.91. The molecule has 0 N–H and O–H groups in total. The van der Waals surface area contributed by atoms with E-state index in [1.165, 1.54) is 82.7 Å². The summed E-state index contributed by atoms with van der Waals surface area (Å²) in [7, 11) is 0. The highest BCUT2D eigenvalue weighted by atomic mass is 14.5. The van der Waals surface area contributed by atoms with E-state index in [9.17, 15) is 0 Å². The molecule has 0 saturated heterocycles. The Morgan fingerprint density at radius 2 is 0.957 bits per heavy atom. The number of benzene rings is 8. The summed E-state index contributed by atoms with van der Waals surface area (Å²) < 4.78 is 0. The van der Waals surface area contributed by atoms with Crippen molar-refractivity contribution in [2.75, 3.05) is 0 Å². The Morgan fingerprint density at radius 3 is 1.67 bits per heavy atom. The second kappa shape index (κ2) is 10.4. The topological polar surface area (TPSA) is 0 Å². The van der Waals surface area contributed by atoms with Crippen LogP contribution in [0.1, 0.15) is 27.8 Å². The van der Waals surface area contributed by atoms with Gasteiger partial charge in [0.25, 0.3) is 0 Å². The van der Waals surface area contributed by atoms with Crippen LogP contribution < -0.4 is 0 Å². The van der Waals surface area contributed by atoms with Gasteiger partial charge in [-0.05, 0) is 96.2 Å². The maximum Gasteiger partial charge on any atom is 0.0714 e. The smallest absolute Gasteiger partial charge is 0.0622 e. The molecule has 0 atom stereocenters. The van der Waals surface area contributed by atoms with Gasteiger partial charge in [-0.15, -0.1) is 0 Å². The van der Waals surface area contributed by atoms with Crippen LogP contribution in [-0.4, -0.2) is 0 Å². The van der Waals surface area contributed by atoms with Crippen molar-refractivity contribution in [2.24, 2.45) is 0 Å². The quantitative estimate of drug-likeness (QED) is 0.193. The van der Waals surface area contributed by atoms with Crippen molar-refractivity contribution in [3.63, 3.8) is 0 Å². The maximum absolute atomic E-state index is 2.50. The van der Waals surface area contributed by atoms with Crippen LogP contribution in [0.2, 0.25) is 0 Å². The Morgan fingerprint density at radius 1 is 0.370 bits per heavy atom. The Bertz CT molecular complexity index is 2360. The Labute approximate surface area is 270 Å². The van der Waals surface area contributed by atoms with Crippen LogP contribution in [0.25, 0.3) is 54.9 Å². The first-order chi connectivity index (χ1) is 22.7. The normalized spacial score (nSPS) is 13.1. The molecule has 1 aliphatic rings. The highest BCUT2D eigenvalue weighted by Gasteiger charge is 2.47. The summed E-state index contributed by atoms with van der Waals surface area (Å²) in [4.78, 5) is 0. The van der Waals surface area contributed by atoms with Crippen LogP contribution in [0.4, 0.5) is 0 Å². The predicted octanol–water partition coefficient (Wildman–Crippen LogP) is 12.0. The minimum Gasteiger partial charge on any atom is -0.0622 e. The van der Waals surface area contributed by atoms with E-state index >= 15 is 0 Å². The second-order valence-corrected chi connectivity index (χ2v) is 12.6. The van der Waals surface area contributed by atoms with Crippen molar-refractivity contribution in [3.05, 3.63) is 204 Å². The lowest BCUT2D eigenvalue weighted by Crippen LogP contribution is -2.28. The van der Waals surface area contributed by atoms with Gasteiger partial charge in [-0.1, -0.05) is 169 Å². The lowest BCUT2D eigenvalue weighted by Gasteiger charge is -2.34. The number of aryl methyl sites for hydroxylation is 1. The summed E-state index contributed by atoms with van der Waals surface area (Å²) in [5, 5.41) is 5.11. The van der Waals surface area contributed by atoms with Crippen molar-refractivity contribution in [3.8, 4) is 33.4 Å². The highest BCUT2D eigenvalue weighted by molar-refractivity contribution is 6.10. The summed E-state index contributed by atoms with van der Waals surface area (Å²) in [5.41, 5.74) is 13.7. The van der Waals surface area contributed by atoms with Gasteiger partial charge in [-0.2, -0.15) is 0 Å². The van der Waals surface area contributed by atoms with E-state index in [4.69, 9.17) is 0 Å². The van der Waals surface area contributed by atoms with Gasteiger partial charge in [-0.25, -0.2) is 0 Å². The van der Waals surface area contributed by atoms with Crippen LogP contribution in [0, 0.1) is 6.92 Å². The van der Waals surface area contributed by atoms with Gasteiger partial charge >= 0.3 is 0 Å². The molecule has 216 valence electrons. The molecule has 0 amide bonds. The van der Waals surface area contributed by atoms with Crippen LogP contribution in [0.5, 0.6) is 0 Å². The molecule has 0 saturated carbocycles. The van der Waals surface area contributed by atoms with Crippen LogP contribution >= 0.6 is 0 Å². The second-order valence-electron chi connectivity index (χ2n) is 12.6. The molecule has 0 radical (unpaired) electrons. The van der Waals surface area contributed by atoms with Gasteiger partial charge in [0.05, 0.1) is 5.41 Å². The van der Waals surface area contributed by atoms with Gasteiger partial charge < -0.3 is 0 Å². The van der Waals surface area contributed by atoms with E-state index in [1.807, 2.05) is 0 Å². The van der Waals surface area contributed by atoms with E-state index in [0.29, 0.717) is 0 Å². The first kappa shape index (κ1) is 26.7. The number of rotatable bonds is 4. The third-order valence-corrected chi connectivity index (χ3v) is 9.99. The standard InChI is InChI=1S/C46H32/c1-31-20-27-41-43(28-31)46(37-14-4-2-5-15-37,38-16-6-3-7-17-38)44-30-42(39-18-10-11-19-40(39)45(41)44)34-24-21-33(22-25-34)36-26-23-32-12-8-9-13-35(32)29-36/h2-30H,1H3. The molecule has 0 aromatic heterocycles. The maximum atomic E-state index is 2.50. The molecule has 0 nitrogen and oxygen atoms in total. The fraction of sp³-hybridized carbons (Fsp3) is 0.0435. The largest absolute Gasteiger partial charge is 0.0714 e. The molecule has 8 aromatic carbocycles. The van der Waals surface area contributed by atoms with Crippen molar-refractivity contribution in [2.45, 2.75) is 12.3 Å². The molecular formula is C46H32. The van der Waals surface area contributed by atoms with Crippen molar-refractivity contribution < 1.29 is 0 Å². The molecule has 1 aliphatic carbocycles. The van der Waals surface area contributed by atoms with Crippen molar-refractivity contribution in [1.82, 2.24) is 0 Å². The predicted molar refractivity (Wildman–Crippen MR) is 194 cm³/mol. The molecule has 9 rings (SSSR count). The molecule has 0 fully saturated rings. The van der Waals surface area contributed by atoms with E-state index in [-0.39, 0.29) is 0 Å². The van der Waals surface area contributed by atoms with Gasteiger partial charge in [0.2, 0.25) is 0 Å². The van der Waals surface area contributed by atoms with Crippen LogP contribution in [-0.2, 0) is 5.41 Å². The van der Waals surface area contributed by atoms with Crippen molar-refractivity contribution >= 4 is 21.5 Å². The van der Waals surface area contributed by atoms with Crippen LogP contribution in [0.15, 0.2) is 176 Å². The Hall–Kier alpha value is -5.72. The zero-order valence-corrected chi connectivity index (χ0v) is 25.7. The zero-order chi connectivity index (χ0) is 30.7. The van der Waals surface area contributed by atoms with Gasteiger partial charge in [0, 0.05) is 0 Å². The van der Waals surface area contributed by atoms with Gasteiger partial charge in [0.15, 0.2) is 0 Å². The van der Waals surface area contributed by atoms with E-state index < -0.39 is 5.41 Å². The van der Waals surface area contributed by atoms with E-state index in [1.54, 1.807) is 0 Å². The van der Waals surface area contributed by atoms with E-state index in [2.05, 4.69) is 183 Å². The SMILES string of the molecule is Cc1ccc2c(c1)C(c1ccccc1)(c1ccccc1)c1cc(-c3ccc(-c4ccc5ccccc5c4)cc3)c3ccccc3c1-2. The summed E-state index contributed by atoms with van der Waals surface area (Å²) in [6.45, 7) is 2.21. The Balaban J connectivity index is 1.32. The molecule has 0 spiro atoms. The van der Waals surface area contributed by atoms with Crippen molar-refractivity contribution in [1.29, 1.82) is 0 Å². The number of hydrogen-bond donors (Lipinski definition) is 0.